The topological polar surface area (TPSA) is 96.0 Å². The zero-order valence-electron chi connectivity index (χ0n) is 17.8. The van der Waals surface area contributed by atoms with Gasteiger partial charge in [-0.25, -0.2) is 4.79 Å². The van der Waals surface area contributed by atoms with Crippen molar-refractivity contribution in [1.29, 1.82) is 0 Å². The number of carbonyl (C=O) groups excluding carboxylic acids is 4. The van der Waals surface area contributed by atoms with Crippen molar-refractivity contribution in [3.05, 3.63) is 59.7 Å². The normalized spacial score (nSPS) is 14.4. The number of amides is 3. The van der Waals surface area contributed by atoms with Gasteiger partial charge in [-0.05, 0) is 48.9 Å². The summed E-state index contributed by atoms with van der Waals surface area (Å²) in [4.78, 5) is 51.3. The molecule has 3 amide bonds. The number of likely N-dealkylation sites (tertiary alicyclic amines) is 1. The van der Waals surface area contributed by atoms with E-state index in [9.17, 15) is 19.2 Å². The van der Waals surface area contributed by atoms with Crippen molar-refractivity contribution >= 4 is 35.1 Å². The minimum Gasteiger partial charge on any atom is -0.449 e. The van der Waals surface area contributed by atoms with Crippen molar-refractivity contribution in [2.75, 3.05) is 24.3 Å². The van der Waals surface area contributed by atoms with Crippen LogP contribution in [0.25, 0.3) is 0 Å². The minimum atomic E-state index is -0.986. The summed E-state index contributed by atoms with van der Waals surface area (Å²) in [7, 11) is 3.85. The third kappa shape index (κ3) is 5.48. The minimum absolute atomic E-state index is 0.179. The first-order valence-electron chi connectivity index (χ1n) is 9.96. The van der Waals surface area contributed by atoms with Gasteiger partial charge < -0.3 is 15.0 Å². The molecule has 0 bridgehead atoms. The molecule has 1 N–H and O–H groups in total. The molecule has 162 valence electrons. The monoisotopic (exact) mass is 423 g/mol. The van der Waals surface area contributed by atoms with Gasteiger partial charge in [0.15, 0.2) is 6.10 Å². The Morgan fingerprint density at radius 2 is 1.58 bits per heavy atom. The summed E-state index contributed by atoms with van der Waals surface area (Å²) in [6.07, 6.45) is -0.507. The maximum absolute atomic E-state index is 12.4. The molecule has 1 fully saturated rings. The number of benzene rings is 2. The Hall–Kier alpha value is -3.68. The number of hydrogen-bond acceptors (Lipinski definition) is 6. The van der Waals surface area contributed by atoms with Crippen molar-refractivity contribution in [1.82, 2.24) is 4.90 Å². The van der Waals surface area contributed by atoms with Crippen LogP contribution >= 0.6 is 0 Å². The molecule has 0 aromatic heterocycles. The number of rotatable bonds is 7. The molecule has 1 atom stereocenters. The molecule has 0 radical (unpaired) electrons. The van der Waals surface area contributed by atoms with E-state index in [0.29, 0.717) is 5.69 Å². The molecule has 31 heavy (non-hydrogen) atoms. The van der Waals surface area contributed by atoms with E-state index in [1.807, 2.05) is 31.1 Å². The Kier molecular flexibility index (Phi) is 6.69. The van der Waals surface area contributed by atoms with Gasteiger partial charge in [0.1, 0.15) is 0 Å². The molecule has 1 aliphatic rings. The number of nitrogens with zero attached hydrogens (tertiary/aromatic N) is 2. The molecule has 1 aliphatic heterocycles. The van der Waals surface area contributed by atoms with Gasteiger partial charge in [-0.1, -0.05) is 12.1 Å². The summed E-state index contributed by atoms with van der Waals surface area (Å²) in [6.45, 7) is 1.68. The van der Waals surface area contributed by atoms with E-state index >= 15 is 0 Å². The van der Waals surface area contributed by atoms with E-state index in [2.05, 4.69) is 5.32 Å². The first kappa shape index (κ1) is 22.0. The third-order valence-corrected chi connectivity index (χ3v) is 4.99. The predicted octanol–water partition coefficient (Wildman–Crippen LogP) is 2.59. The Morgan fingerprint density at radius 1 is 1.00 bits per heavy atom. The molecule has 2 aromatic carbocycles. The Morgan fingerprint density at radius 3 is 2.13 bits per heavy atom. The van der Waals surface area contributed by atoms with Crippen LogP contribution in [0.15, 0.2) is 48.5 Å². The van der Waals surface area contributed by atoms with E-state index in [0.717, 1.165) is 11.3 Å². The molecular weight excluding hydrogens is 398 g/mol. The summed E-state index contributed by atoms with van der Waals surface area (Å²) >= 11 is 0. The van der Waals surface area contributed by atoms with Gasteiger partial charge in [0, 0.05) is 38.3 Å². The first-order chi connectivity index (χ1) is 14.7. The summed E-state index contributed by atoms with van der Waals surface area (Å²) in [5, 5.41) is 2.72. The molecule has 0 saturated carbocycles. The maximum Gasteiger partial charge on any atom is 0.338 e. The lowest BCUT2D eigenvalue weighted by molar-refractivity contribution is -0.139. The highest BCUT2D eigenvalue weighted by Gasteiger charge is 2.28. The number of anilines is 2. The van der Waals surface area contributed by atoms with Crippen LogP contribution in [0.4, 0.5) is 11.4 Å². The molecule has 2 aromatic rings. The Labute approximate surface area is 180 Å². The zero-order valence-corrected chi connectivity index (χ0v) is 17.8. The number of ether oxygens (including phenoxy) is 1. The van der Waals surface area contributed by atoms with Crippen LogP contribution < -0.4 is 10.2 Å². The average molecular weight is 423 g/mol. The Bertz CT molecular complexity index is 967. The van der Waals surface area contributed by atoms with Crippen LogP contribution in [-0.4, -0.2) is 48.8 Å². The molecule has 1 heterocycles. The van der Waals surface area contributed by atoms with E-state index in [-0.39, 0.29) is 36.8 Å². The van der Waals surface area contributed by atoms with Gasteiger partial charge in [-0.15, -0.1) is 0 Å². The van der Waals surface area contributed by atoms with E-state index < -0.39 is 18.0 Å². The number of esters is 1. The second-order valence-electron chi connectivity index (χ2n) is 7.55. The summed E-state index contributed by atoms with van der Waals surface area (Å²) in [5.74, 6) is -1.45. The van der Waals surface area contributed by atoms with Crippen molar-refractivity contribution in [2.24, 2.45) is 0 Å². The molecule has 8 nitrogen and oxygen atoms in total. The van der Waals surface area contributed by atoms with Crippen LogP contribution in [0.3, 0.4) is 0 Å². The first-order valence-corrected chi connectivity index (χ1v) is 9.96. The fourth-order valence-corrected chi connectivity index (χ4v) is 3.10. The van der Waals surface area contributed by atoms with Gasteiger partial charge in [0.2, 0.25) is 11.8 Å². The largest absolute Gasteiger partial charge is 0.449 e. The van der Waals surface area contributed by atoms with Crippen molar-refractivity contribution < 1.29 is 23.9 Å². The van der Waals surface area contributed by atoms with Gasteiger partial charge in [-0.3, -0.25) is 19.3 Å². The fraction of sp³-hybridized carbons (Fsp3) is 0.304. The van der Waals surface area contributed by atoms with Crippen LogP contribution in [-0.2, 0) is 25.7 Å². The molecule has 1 saturated heterocycles. The smallest absolute Gasteiger partial charge is 0.338 e. The van der Waals surface area contributed by atoms with E-state index in [1.165, 1.54) is 11.8 Å². The van der Waals surface area contributed by atoms with Crippen LogP contribution in [0.2, 0.25) is 0 Å². The maximum atomic E-state index is 12.4. The average Bonchev–Trinajstić information content (AvgIpc) is 3.06. The van der Waals surface area contributed by atoms with Gasteiger partial charge >= 0.3 is 5.97 Å². The van der Waals surface area contributed by atoms with Gasteiger partial charge in [0.25, 0.3) is 5.91 Å². The second-order valence-corrected chi connectivity index (χ2v) is 7.55. The molecule has 0 spiro atoms. The van der Waals surface area contributed by atoms with Crippen LogP contribution in [0.5, 0.6) is 0 Å². The van der Waals surface area contributed by atoms with E-state index in [1.54, 1.807) is 36.4 Å². The number of carbonyl (C=O) groups is 4. The lowest BCUT2D eigenvalue weighted by Crippen LogP contribution is -2.30. The summed E-state index contributed by atoms with van der Waals surface area (Å²) in [6, 6.07) is 13.7. The highest BCUT2D eigenvalue weighted by Crippen LogP contribution is 2.18. The number of hydrogen-bond donors (Lipinski definition) is 1. The van der Waals surface area contributed by atoms with Crippen molar-refractivity contribution in [2.45, 2.75) is 32.4 Å². The van der Waals surface area contributed by atoms with Crippen molar-refractivity contribution in [3.8, 4) is 0 Å². The highest BCUT2D eigenvalue weighted by atomic mass is 16.5. The van der Waals surface area contributed by atoms with Gasteiger partial charge in [0.05, 0.1) is 12.1 Å². The third-order valence-electron chi connectivity index (χ3n) is 4.99. The SMILES string of the molecule is CC(OC(=O)c1ccc(CN2C(=O)CCC2=O)cc1)C(=O)Nc1ccc(N(C)C)cc1. The van der Waals surface area contributed by atoms with Gasteiger partial charge in [-0.2, -0.15) is 0 Å². The summed E-state index contributed by atoms with van der Waals surface area (Å²) in [5.41, 5.74) is 2.61. The number of imide groups is 1. The molecule has 0 aliphatic carbocycles. The predicted molar refractivity (Wildman–Crippen MR) is 116 cm³/mol. The van der Waals surface area contributed by atoms with Crippen molar-refractivity contribution in [3.63, 3.8) is 0 Å². The van der Waals surface area contributed by atoms with Crippen LogP contribution in [0.1, 0.15) is 35.7 Å². The second kappa shape index (κ2) is 9.42. The molecular formula is C23H25N3O5. The van der Waals surface area contributed by atoms with Crippen LogP contribution in [0, 0.1) is 0 Å². The molecule has 3 rings (SSSR count). The molecule has 8 heteroatoms. The van der Waals surface area contributed by atoms with E-state index in [4.69, 9.17) is 4.74 Å². The quantitative estimate of drug-likeness (QED) is 0.543. The Balaban J connectivity index is 1.54. The standard InChI is InChI=1S/C23H25N3O5/c1-15(22(29)24-18-8-10-19(11-9-18)25(2)3)31-23(30)17-6-4-16(5-7-17)14-26-20(27)12-13-21(26)28/h4-11,15H,12-14H2,1-3H3,(H,24,29). The summed E-state index contributed by atoms with van der Waals surface area (Å²) < 4.78 is 5.26. The lowest BCUT2D eigenvalue weighted by atomic mass is 10.1. The lowest BCUT2D eigenvalue weighted by Gasteiger charge is -2.16. The highest BCUT2D eigenvalue weighted by molar-refractivity contribution is 6.02. The molecule has 1 unspecified atom stereocenters. The number of nitrogens with one attached hydrogen (secondary N) is 1. The zero-order chi connectivity index (χ0) is 22.5. The fourth-order valence-electron chi connectivity index (χ4n) is 3.10.